The van der Waals surface area contributed by atoms with E-state index in [0.717, 1.165) is 4.88 Å². The molecule has 0 fully saturated rings. The van der Waals surface area contributed by atoms with Crippen LogP contribution in [0.25, 0.3) is 0 Å². The van der Waals surface area contributed by atoms with Gasteiger partial charge in [-0.3, -0.25) is 0 Å². The second-order valence-electron chi connectivity index (χ2n) is 3.79. The van der Waals surface area contributed by atoms with Crippen LogP contribution in [-0.2, 0) is 0 Å². The van der Waals surface area contributed by atoms with Gasteiger partial charge in [0.25, 0.3) is 0 Å². The van der Waals surface area contributed by atoms with Crippen molar-refractivity contribution in [2.75, 3.05) is 0 Å². The predicted molar refractivity (Wildman–Crippen MR) is 64.8 cm³/mol. The van der Waals surface area contributed by atoms with Crippen LogP contribution >= 0.6 is 27.5 Å². The minimum atomic E-state index is -1.37. The van der Waals surface area contributed by atoms with Crippen LogP contribution < -0.4 is 0 Å². The van der Waals surface area contributed by atoms with E-state index in [1.807, 2.05) is 0 Å². The average Bonchev–Trinajstić information content (AvgIpc) is 2.41. The zero-order valence-corrected chi connectivity index (χ0v) is 11.6. The highest BCUT2D eigenvalue weighted by atomic mass is 79.9. The van der Waals surface area contributed by atoms with Crippen LogP contribution in [0.1, 0.15) is 10.4 Å². The molecule has 0 amide bonds. The normalized spacial score (nSPS) is 10.2. The molecule has 0 radical (unpaired) electrons. The number of hydrogen-bond acceptors (Lipinski definition) is 3. The first-order chi connectivity index (χ1) is 6.44. The minimum absolute atomic E-state index is 0.556. The lowest BCUT2D eigenvalue weighted by atomic mass is 10.3. The largest absolute Gasteiger partial charge is 0.192 e. The lowest BCUT2D eigenvalue weighted by Crippen LogP contribution is -2.16. The summed E-state index contributed by atoms with van der Waals surface area (Å²) in [5.74, 6) is 3.04. The van der Waals surface area contributed by atoms with Crippen LogP contribution in [0.4, 0.5) is 0 Å². The van der Waals surface area contributed by atoms with Gasteiger partial charge in [-0.2, -0.15) is 9.64 Å². The Balaban J connectivity index is 3.09. The van der Waals surface area contributed by atoms with E-state index in [0.29, 0.717) is 10.2 Å². The maximum absolute atomic E-state index is 8.85. The van der Waals surface area contributed by atoms with E-state index in [2.05, 4.69) is 57.5 Å². The van der Waals surface area contributed by atoms with Gasteiger partial charge in [0.2, 0.25) is 0 Å². The first-order valence-electron chi connectivity index (χ1n) is 4.02. The SMILES string of the molecule is C[Si](C)(C)C#Cc1snc(Br)c1C#N. The fraction of sp³-hybridized carbons (Fsp3) is 0.333. The summed E-state index contributed by atoms with van der Waals surface area (Å²) in [5, 5.41) is 8.85. The topological polar surface area (TPSA) is 36.7 Å². The van der Waals surface area contributed by atoms with Crippen molar-refractivity contribution in [2.24, 2.45) is 0 Å². The molecule has 0 aromatic carbocycles. The van der Waals surface area contributed by atoms with Gasteiger partial charge < -0.3 is 0 Å². The molecule has 0 bridgehead atoms. The van der Waals surface area contributed by atoms with Crippen molar-refractivity contribution >= 4 is 35.5 Å². The smallest absolute Gasteiger partial charge is 0.139 e. The van der Waals surface area contributed by atoms with Crippen molar-refractivity contribution in [3.63, 3.8) is 0 Å². The Hall–Kier alpha value is -0.623. The molecule has 0 saturated carbocycles. The number of hydrogen-bond donors (Lipinski definition) is 0. The van der Waals surface area contributed by atoms with Gasteiger partial charge in [0, 0.05) is 0 Å². The van der Waals surface area contributed by atoms with E-state index in [1.165, 1.54) is 11.5 Å². The summed E-state index contributed by atoms with van der Waals surface area (Å²) >= 11 is 4.49. The Kier molecular flexibility index (Phi) is 3.49. The van der Waals surface area contributed by atoms with Crippen LogP contribution in [0, 0.1) is 22.8 Å². The standard InChI is InChI=1S/C9H9BrN2SSi/c1-14(2,3)5-4-8-7(6-11)9(10)12-13-8/h1-3H3. The molecule has 2 nitrogen and oxygen atoms in total. The van der Waals surface area contributed by atoms with Crippen LogP contribution in [0.15, 0.2) is 4.60 Å². The van der Waals surface area contributed by atoms with Crippen LogP contribution in [0.5, 0.6) is 0 Å². The molecule has 0 unspecified atom stereocenters. The molecule has 5 heteroatoms. The van der Waals surface area contributed by atoms with Gasteiger partial charge in [-0.15, -0.1) is 5.54 Å². The zero-order chi connectivity index (χ0) is 10.8. The predicted octanol–water partition coefficient (Wildman–Crippen LogP) is 3.01. The molecular weight excluding hydrogens is 276 g/mol. The second-order valence-corrected chi connectivity index (χ2v) is 10.1. The number of nitriles is 1. The van der Waals surface area contributed by atoms with Gasteiger partial charge in [-0.25, -0.2) is 0 Å². The van der Waals surface area contributed by atoms with Crippen molar-refractivity contribution in [2.45, 2.75) is 19.6 Å². The monoisotopic (exact) mass is 284 g/mol. The molecule has 0 spiro atoms. The van der Waals surface area contributed by atoms with E-state index in [1.54, 1.807) is 0 Å². The number of nitrogens with zero attached hydrogens (tertiary/aromatic N) is 2. The lowest BCUT2D eigenvalue weighted by Gasteiger charge is -2.02. The third kappa shape index (κ3) is 2.95. The first-order valence-corrected chi connectivity index (χ1v) is 9.09. The summed E-state index contributed by atoms with van der Waals surface area (Å²) in [4.78, 5) is 0.766. The maximum Gasteiger partial charge on any atom is 0.139 e. The van der Waals surface area contributed by atoms with Gasteiger partial charge in [0.15, 0.2) is 0 Å². The fourth-order valence-corrected chi connectivity index (χ4v) is 2.52. The molecule has 0 aliphatic carbocycles. The molecule has 0 atom stereocenters. The molecular formula is C9H9BrN2SSi. The molecule has 1 heterocycles. The Morgan fingerprint density at radius 1 is 1.43 bits per heavy atom. The van der Waals surface area contributed by atoms with Crippen LogP contribution in [0.2, 0.25) is 19.6 Å². The first kappa shape index (κ1) is 11.5. The third-order valence-electron chi connectivity index (χ3n) is 1.31. The van der Waals surface area contributed by atoms with Gasteiger partial charge in [0.1, 0.15) is 29.2 Å². The van der Waals surface area contributed by atoms with Crippen molar-refractivity contribution in [1.82, 2.24) is 4.37 Å². The molecule has 0 N–H and O–H groups in total. The van der Waals surface area contributed by atoms with Crippen LogP contribution in [0.3, 0.4) is 0 Å². The number of rotatable bonds is 0. The van der Waals surface area contributed by atoms with Gasteiger partial charge in [-0.1, -0.05) is 25.6 Å². The van der Waals surface area contributed by atoms with Crippen molar-refractivity contribution < 1.29 is 0 Å². The van der Waals surface area contributed by atoms with Gasteiger partial charge >= 0.3 is 0 Å². The molecule has 0 aliphatic heterocycles. The maximum atomic E-state index is 8.85. The van der Waals surface area contributed by atoms with E-state index < -0.39 is 8.07 Å². The van der Waals surface area contributed by atoms with Gasteiger partial charge in [-0.05, 0) is 27.5 Å². The van der Waals surface area contributed by atoms with Gasteiger partial charge in [0.05, 0.1) is 0 Å². The summed E-state index contributed by atoms with van der Waals surface area (Å²) in [7, 11) is -1.37. The highest BCUT2D eigenvalue weighted by Crippen LogP contribution is 2.21. The average molecular weight is 285 g/mol. The quantitative estimate of drug-likeness (QED) is 0.542. The Morgan fingerprint density at radius 2 is 2.07 bits per heavy atom. The molecule has 1 aromatic heterocycles. The Bertz CT molecular complexity index is 442. The number of halogens is 1. The molecule has 0 saturated heterocycles. The van der Waals surface area contributed by atoms with Crippen LogP contribution in [-0.4, -0.2) is 12.4 Å². The summed E-state index contributed by atoms with van der Waals surface area (Å²) in [6.45, 7) is 6.51. The molecule has 1 rings (SSSR count). The highest BCUT2D eigenvalue weighted by Gasteiger charge is 2.11. The van der Waals surface area contributed by atoms with E-state index in [-0.39, 0.29) is 0 Å². The van der Waals surface area contributed by atoms with E-state index in [4.69, 9.17) is 5.26 Å². The fourth-order valence-electron chi connectivity index (χ4n) is 0.697. The molecule has 1 aromatic rings. The Morgan fingerprint density at radius 3 is 2.57 bits per heavy atom. The number of aromatic nitrogens is 1. The van der Waals surface area contributed by atoms with Crippen molar-refractivity contribution in [3.05, 3.63) is 15.0 Å². The van der Waals surface area contributed by atoms with Crippen molar-refractivity contribution in [1.29, 1.82) is 5.26 Å². The lowest BCUT2D eigenvalue weighted by molar-refractivity contribution is 1.42. The molecule has 0 aliphatic rings. The summed E-state index contributed by atoms with van der Waals surface area (Å²) < 4.78 is 4.64. The van der Waals surface area contributed by atoms with E-state index in [9.17, 15) is 0 Å². The Labute approximate surface area is 97.3 Å². The highest BCUT2D eigenvalue weighted by molar-refractivity contribution is 9.10. The molecule has 14 heavy (non-hydrogen) atoms. The third-order valence-corrected chi connectivity index (χ3v) is 3.76. The molecule has 72 valence electrons. The summed E-state index contributed by atoms with van der Waals surface area (Å²) in [6.07, 6.45) is 0. The van der Waals surface area contributed by atoms with Crippen molar-refractivity contribution in [3.8, 4) is 17.5 Å². The van der Waals surface area contributed by atoms with E-state index >= 15 is 0 Å². The summed E-state index contributed by atoms with van der Waals surface area (Å²) in [6, 6.07) is 2.09. The summed E-state index contributed by atoms with van der Waals surface area (Å²) in [5.41, 5.74) is 3.77. The zero-order valence-electron chi connectivity index (χ0n) is 8.18. The minimum Gasteiger partial charge on any atom is -0.192 e. The second kappa shape index (κ2) is 4.27.